The van der Waals surface area contributed by atoms with Crippen molar-refractivity contribution in [2.45, 2.75) is 6.42 Å². The number of hydrogen-bond donors (Lipinski definition) is 0. The quantitative estimate of drug-likeness (QED) is 0.789. The minimum atomic E-state index is -0.689. The van der Waals surface area contributed by atoms with Gasteiger partial charge in [0.05, 0.1) is 12.7 Å². The molecule has 0 heterocycles. The van der Waals surface area contributed by atoms with E-state index < -0.39 is 17.4 Å². The van der Waals surface area contributed by atoms with Crippen molar-refractivity contribution in [2.75, 3.05) is 7.11 Å². The topological polar surface area (TPSA) is 26.3 Å². The highest BCUT2D eigenvalue weighted by Gasteiger charge is 2.15. The van der Waals surface area contributed by atoms with E-state index in [4.69, 9.17) is 4.74 Å². The molecule has 0 aliphatic rings. The lowest BCUT2D eigenvalue weighted by Crippen LogP contribution is -2.07. The number of ether oxygens (including phenoxy) is 1. The molecule has 0 N–H and O–H groups in total. The van der Waals surface area contributed by atoms with E-state index in [0.717, 1.165) is 0 Å². The molecule has 0 aliphatic heterocycles. The fourth-order valence-corrected chi connectivity index (χ4v) is 1.81. The van der Waals surface area contributed by atoms with Crippen molar-refractivity contribution in [3.8, 4) is 5.75 Å². The van der Waals surface area contributed by atoms with Crippen LogP contribution in [0.3, 0.4) is 0 Å². The fourth-order valence-electron chi connectivity index (χ4n) is 1.81. The molecule has 0 atom stereocenters. The molecule has 0 radical (unpaired) electrons. The van der Waals surface area contributed by atoms with Gasteiger partial charge in [-0.15, -0.1) is 0 Å². The van der Waals surface area contributed by atoms with Crippen LogP contribution in [0.15, 0.2) is 42.5 Å². The Morgan fingerprint density at radius 3 is 2.58 bits per heavy atom. The summed E-state index contributed by atoms with van der Waals surface area (Å²) >= 11 is 0. The van der Waals surface area contributed by atoms with E-state index in [1.54, 1.807) is 12.1 Å². The largest absolute Gasteiger partial charge is 0.494 e. The molecule has 19 heavy (non-hydrogen) atoms. The van der Waals surface area contributed by atoms with Crippen molar-refractivity contribution in [2.24, 2.45) is 0 Å². The van der Waals surface area contributed by atoms with Gasteiger partial charge < -0.3 is 4.74 Å². The van der Waals surface area contributed by atoms with Gasteiger partial charge in [0.2, 0.25) is 0 Å². The standard InChI is InChI=1S/C15H12F2O2/c1-19-14-7-3-6-12(15(14)17)13(18)9-10-4-2-5-11(16)8-10/h2-8H,9H2,1H3. The van der Waals surface area contributed by atoms with Crippen molar-refractivity contribution < 1.29 is 18.3 Å². The summed E-state index contributed by atoms with van der Waals surface area (Å²) in [7, 11) is 1.33. The lowest BCUT2D eigenvalue weighted by atomic mass is 10.0. The third-order valence-corrected chi connectivity index (χ3v) is 2.74. The van der Waals surface area contributed by atoms with Crippen LogP contribution in [0, 0.1) is 11.6 Å². The molecule has 0 aromatic heterocycles. The van der Waals surface area contributed by atoms with Crippen molar-refractivity contribution in [1.82, 2.24) is 0 Å². The van der Waals surface area contributed by atoms with Crippen LogP contribution in [0.25, 0.3) is 0 Å². The average Bonchev–Trinajstić information content (AvgIpc) is 2.39. The normalized spacial score (nSPS) is 10.3. The Morgan fingerprint density at radius 1 is 1.16 bits per heavy atom. The van der Waals surface area contributed by atoms with E-state index in [-0.39, 0.29) is 17.7 Å². The predicted molar refractivity (Wildman–Crippen MR) is 67.4 cm³/mol. The van der Waals surface area contributed by atoms with Gasteiger partial charge in [-0.2, -0.15) is 0 Å². The molecule has 0 aliphatic carbocycles. The Kier molecular flexibility index (Phi) is 3.90. The zero-order valence-corrected chi connectivity index (χ0v) is 10.3. The Bertz CT molecular complexity index is 609. The molecule has 2 rings (SSSR count). The lowest BCUT2D eigenvalue weighted by molar-refractivity contribution is 0.0988. The molecule has 0 saturated carbocycles. The Labute approximate surface area is 109 Å². The van der Waals surface area contributed by atoms with Crippen molar-refractivity contribution >= 4 is 5.78 Å². The SMILES string of the molecule is COc1cccc(C(=O)Cc2cccc(F)c2)c1F. The summed E-state index contributed by atoms with van der Waals surface area (Å²) in [5.41, 5.74) is 0.454. The van der Waals surface area contributed by atoms with Gasteiger partial charge in [0.15, 0.2) is 17.3 Å². The predicted octanol–water partition coefficient (Wildman–Crippen LogP) is 3.40. The third-order valence-electron chi connectivity index (χ3n) is 2.74. The number of ketones is 1. The number of hydrogen-bond acceptors (Lipinski definition) is 2. The summed E-state index contributed by atoms with van der Waals surface area (Å²) in [6.07, 6.45) is -0.0537. The number of rotatable bonds is 4. The zero-order valence-electron chi connectivity index (χ0n) is 10.3. The van der Waals surface area contributed by atoms with Gasteiger partial charge in [0.25, 0.3) is 0 Å². The van der Waals surface area contributed by atoms with E-state index in [2.05, 4.69) is 0 Å². The van der Waals surface area contributed by atoms with Crippen molar-refractivity contribution in [3.63, 3.8) is 0 Å². The third kappa shape index (κ3) is 2.96. The highest BCUT2D eigenvalue weighted by molar-refractivity contribution is 5.98. The number of carbonyl (C=O) groups excluding carboxylic acids is 1. The first kappa shape index (κ1) is 13.2. The van der Waals surface area contributed by atoms with Gasteiger partial charge in [-0.3, -0.25) is 4.79 Å². The fraction of sp³-hybridized carbons (Fsp3) is 0.133. The monoisotopic (exact) mass is 262 g/mol. The molecule has 2 aromatic rings. The van der Waals surface area contributed by atoms with E-state index >= 15 is 0 Å². The van der Waals surface area contributed by atoms with Crippen LogP contribution in [0.5, 0.6) is 5.75 Å². The first-order chi connectivity index (χ1) is 9.11. The minimum absolute atomic E-state index is 0.0186. The average molecular weight is 262 g/mol. The smallest absolute Gasteiger partial charge is 0.175 e. The molecule has 98 valence electrons. The lowest BCUT2D eigenvalue weighted by Gasteiger charge is -2.06. The molecular weight excluding hydrogens is 250 g/mol. The summed E-state index contributed by atoms with van der Waals surface area (Å²) in [6, 6.07) is 10.1. The zero-order chi connectivity index (χ0) is 13.8. The van der Waals surface area contributed by atoms with E-state index in [1.807, 2.05) is 0 Å². The number of Topliss-reactive ketones (excluding diaryl/α,β-unsaturated/α-hetero) is 1. The maximum Gasteiger partial charge on any atom is 0.175 e. The second kappa shape index (κ2) is 5.61. The minimum Gasteiger partial charge on any atom is -0.494 e. The molecule has 0 unspecified atom stereocenters. The van der Waals surface area contributed by atoms with Gasteiger partial charge in [-0.05, 0) is 29.8 Å². The molecule has 0 amide bonds. The highest BCUT2D eigenvalue weighted by Crippen LogP contribution is 2.21. The second-order valence-corrected chi connectivity index (χ2v) is 4.05. The van der Waals surface area contributed by atoms with E-state index in [9.17, 15) is 13.6 Å². The number of halogens is 2. The highest BCUT2D eigenvalue weighted by atomic mass is 19.1. The van der Waals surface area contributed by atoms with Gasteiger partial charge in [0, 0.05) is 6.42 Å². The van der Waals surface area contributed by atoms with Crippen molar-refractivity contribution in [3.05, 3.63) is 65.2 Å². The summed E-state index contributed by atoms with van der Waals surface area (Å²) < 4.78 is 31.7. The van der Waals surface area contributed by atoms with Crippen LogP contribution in [-0.4, -0.2) is 12.9 Å². The number of benzene rings is 2. The Hall–Kier alpha value is -2.23. The van der Waals surface area contributed by atoms with Crippen LogP contribution in [-0.2, 0) is 6.42 Å². The van der Waals surface area contributed by atoms with E-state index in [1.165, 1.54) is 37.4 Å². The van der Waals surface area contributed by atoms with Crippen LogP contribution in [0.2, 0.25) is 0 Å². The maximum atomic E-state index is 13.9. The van der Waals surface area contributed by atoms with Crippen LogP contribution in [0.1, 0.15) is 15.9 Å². The Morgan fingerprint density at radius 2 is 1.89 bits per heavy atom. The van der Waals surface area contributed by atoms with Crippen molar-refractivity contribution in [1.29, 1.82) is 0 Å². The Balaban J connectivity index is 2.25. The first-order valence-corrected chi connectivity index (χ1v) is 5.72. The molecule has 0 fully saturated rings. The van der Waals surface area contributed by atoms with Crippen LogP contribution < -0.4 is 4.74 Å². The van der Waals surface area contributed by atoms with Gasteiger partial charge in [-0.1, -0.05) is 18.2 Å². The summed E-state index contributed by atoms with van der Waals surface area (Å²) in [4.78, 5) is 12.0. The first-order valence-electron chi connectivity index (χ1n) is 5.72. The summed E-state index contributed by atoms with van der Waals surface area (Å²) in [6.45, 7) is 0. The summed E-state index contributed by atoms with van der Waals surface area (Å²) in [5, 5.41) is 0. The van der Waals surface area contributed by atoms with Gasteiger partial charge in [0.1, 0.15) is 5.82 Å². The molecule has 0 spiro atoms. The summed E-state index contributed by atoms with van der Waals surface area (Å²) in [5.74, 6) is -1.50. The maximum absolute atomic E-state index is 13.9. The van der Waals surface area contributed by atoms with Crippen LogP contribution in [0.4, 0.5) is 8.78 Å². The molecule has 2 aromatic carbocycles. The molecular formula is C15H12F2O2. The second-order valence-electron chi connectivity index (χ2n) is 4.05. The molecule has 0 saturated heterocycles. The van der Waals surface area contributed by atoms with E-state index in [0.29, 0.717) is 5.56 Å². The van der Waals surface area contributed by atoms with Gasteiger partial charge in [-0.25, -0.2) is 8.78 Å². The number of carbonyl (C=O) groups is 1. The van der Waals surface area contributed by atoms with Crippen LogP contribution >= 0.6 is 0 Å². The number of methoxy groups -OCH3 is 1. The molecule has 0 bridgehead atoms. The van der Waals surface area contributed by atoms with Gasteiger partial charge >= 0.3 is 0 Å². The molecule has 2 nitrogen and oxygen atoms in total. The molecule has 4 heteroatoms.